The molecule has 0 saturated carbocycles. The lowest BCUT2D eigenvalue weighted by atomic mass is 9.84. The number of rotatable bonds is 4. The maximum atomic E-state index is 3.66. The highest BCUT2D eigenvalue weighted by Crippen LogP contribution is 2.22. The fourth-order valence-electron chi connectivity index (χ4n) is 2.22. The highest BCUT2D eigenvalue weighted by molar-refractivity contribution is 5.23. The van der Waals surface area contributed by atoms with E-state index in [2.05, 4.69) is 54.8 Å². The minimum Gasteiger partial charge on any atom is -0.315 e. The molecule has 0 amide bonds. The van der Waals surface area contributed by atoms with Crippen LogP contribution in [0.1, 0.15) is 25.8 Å². The van der Waals surface area contributed by atoms with Crippen molar-refractivity contribution in [1.82, 2.24) is 10.6 Å². The molecule has 1 heterocycles. The van der Waals surface area contributed by atoms with Gasteiger partial charge in [-0.25, -0.2) is 0 Å². The maximum Gasteiger partial charge on any atom is 0.0204 e. The summed E-state index contributed by atoms with van der Waals surface area (Å²) in [4.78, 5) is 0. The van der Waals surface area contributed by atoms with Crippen LogP contribution in [0.3, 0.4) is 0 Å². The van der Waals surface area contributed by atoms with Crippen molar-refractivity contribution in [3.05, 3.63) is 35.9 Å². The predicted molar refractivity (Wildman–Crippen MR) is 68.7 cm³/mol. The molecule has 88 valence electrons. The van der Waals surface area contributed by atoms with E-state index in [4.69, 9.17) is 0 Å². The van der Waals surface area contributed by atoms with Crippen LogP contribution in [0.5, 0.6) is 0 Å². The number of nitrogens with one attached hydrogen (secondary N) is 2. The lowest BCUT2D eigenvalue weighted by Gasteiger charge is -2.27. The van der Waals surface area contributed by atoms with Gasteiger partial charge in [-0.1, -0.05) is 44.2 Å². The van der Waals surface area contributed by atoms with E-state index in [1.54, 1.807) is 0 Å². The normalized spacial score (nSPS) is 21.2. The smallest absolute Gasteiger partial charge is 0.0204 e. The Morgan fingerprint density at radius 3 is 2.69 bits per heavy atom. The highest BCUT2D eigenvalue weighted by Gasteiger charge is 2.22. The predicted octanol–water partition coefficient (Wildman–Crippen LogP) is 1.92. The summed E-state index contributed by atoms with van der Waals surface area (Å²) in [7, 11) is 0. The van der Waals surface area contributed by atoms with Gasteiger partial charge in [0.2, 0.25) is 0 Å². The van der Waals surface area contributed by atoms with Crippen LogP contribution in [0.25, 0.3) is 0 Å². The van der Waals surface area contributed by atoms with E-state index < -0.39 is 0 Å². The van der Waals surface area contributed by atoms with Gasteiger partial charge in [-0.15, -0.1) is 0 Å². The third kappa shape index (κ3) is 2.83. The molecular formula is C14H22N2. The average molecular weight is 218 g/mol. The second-order valence-electron chi connectivity index (χ2n) is 5.32. The Bertz CT molecular complexity index is 313. The first-order valence-electron chi connectivity index (χ1n) is 6.18. The molecule has 0 spiro atoms. The fourth-order valence-corrected chi connectivity index (χ4v) is 2.22. The lowest BCUT2D eigenvalue weighted by Crippen LogP contribution is -2.40. The summed E-state index contributed by atoms with van der Waals surface area (Å²) >= 11 is 0. The van der Waals surface area contributed by atoms with Gasteiger partial charge in [-0.2, -0.15) is 0 Å². The maximum absolute atomic E-state index is 3.66. The van der Waals surface area contributed by atoms with Crippen LogP contribution in [-0.2, 0) is 5.41 Å². The minimum atomic E-state index is 0.212. The van der Waals surface area contributed by atoms with Crippen LogP contribution in [-0.4, -0.2) is 25.7 Å². The van der Waals surface area contributed by atoms with Gasteiger partial charge in [-0.05, 0) is 18.5 Å². The van der Waals surface area contributed by atoms with Gasteiger partial charge in [0.05, 0.1) is 0 Å². The van der Waals surface area contributed by atoms with E-state index in [-0.39, 0.29) is 5.41 Å². The summed E-state index contributed by atoms with van der Waals surface area (Å²) in [6.45, 7) is 7.92. The summed E-state index contributed by atoms with van der Waals surface area (Å²) in [6, 6.07) is 11.4. The first-order valence-corrected chi connectivity index (χ1v) is 6.18. The molecule has 16 heavy (non-hydrogen) atoms. The molecule has 1 unspecified atom stereocenters. The summed E-state index contributed by atoms with van der Waals surface area (Å²) < 4.78 is 0. The Hall–Kier alpha value is -0.860. The summed E-state index contributed by atoms with van der Waals surface area (Å²) in [5.41, 5.74) is 1.62. The fraction of sp³-hybridized carbons (Fsp3) is 0.571. The van der Waals surface area contributed by atoms with Gasteiger partial charge < -0.3 is 10.6 Å². The largest absolute Gasteiger partial charge is 0.315 e. The van der Waals surface area contributed by atoms with E-state index in [0.717, 1.165) is 19.6 Å². The molecule has 2 N–H and O–H groups in total. The zero-order chi connectivity index (χ0) is 11.4. The Morgan fingerprint density at radius 2 is 2.06 bits per heavy atom. The molecule has 1 aromatic rings. The van der Waals surface area contributed by atoms with Crippen molar-refractivity contribution < 1.29 is 0 Å². The third-order valence-electron chi connectivity index (χ3n) is 3.45. The van der Waals surface area contributed by atoms with Crippen molar-refractivity contribution >= 4 is 0 Å². The third-order valence-corrected chi connectivity index (χ3v) is 3.45. The van der Waals surface area contributed by atoms with Crippen molar-refractivity contribution in [3.63, 3.8) is 0 Å². The zero-order valence-corrected chi connectivity index (χ0v) is 10.3. The first kappa shape index (κ1) is 11.6. The van der Waals surface area contributed by atoms with Gasteiger partial charge in [0.15, 0.2) is 0 Å². The highest BCUT2D eigenvalue weighted by atomic mass is 15.0. The quantitative estimate of drug-likeness (QED) is 0.807. The zero-order valence-electron chi connectivity index (χ0n) is 10.3. The molecule has 1 atom stereocenters. The SMILES string of the molecule is CC(C)(CNC1CCNC1)c1ccccc1. The van der Waals surface area contributed by atoms with Crippen LogP contribution in [0.15, 0.2) is 30.3 Å². The molecule has 0 aliphatic carbocycles. The molecule has 2 rings (SSSR count). The van der Waals surface area contributed by atoms with E-state index in [1.165, 1.54) is 12.0 Å². The van der Waals surface area contributed by atoms with E-state index in [1.807, 2.05) is 0 Å². The molecule has 0 aromatic heterocycles. The van der Waals surface area contributed by atoms with Gasteiger partial charge in [0, 0.05) is 24.5 Å². The Balaban J connectivity index is 1.92. The van der Waals surface area contributed by atoms with Crippen molar-refractivity contribution in [2.45, 2.75) is 31.7 Å². The molecule has 0 radical (unpaired) electrons. The molecule has 2 heteroatoms. The Labute approximate surface area is 98.4 Å². The van der Waals surface area contributed by atoms with Crippen molar-refractivity contribution in [1.29, 1.82) is 0 Å². The standard InChI is InChI=1S/C14H22N2/c1-14(2,12-6-4-3-5-7-12)11-16-13-8-9-15-10-13/h3-7,13,15-16H,8-11H2,1-2H3. The Morgan fingerprint density at radius 1 is 1.31 bits per heavy atom. The second-order valence-corrected chi connectivity index (χ2v) is 5.32. The molecule has 1 aromatic carbocycles. The van der Waals surface area contributed by atoms with E-state index in [0.29, 0.717) is 6.04 Å². The molecule has 2 nitrogen and oxygen atoms in total. The molecule has 0 bridgehead atoms. The van der Waals surface area contributed by atoms with Gasteiger partial charge >= 0.3 is 0 Å². The molecule has 1 aliphatic heterocycles. The van der Waals surface area contributed by atoms with Crippen molar-refractivity contribution in [2.24, 2.45) is 0 Å². The molecular weight excluding hydrogens is 196 g/mol. The monoisotopic (exact) mass is 218 g/mol. The number of benzene rings is 1. The first-order chi connectivity index (χ1) is 7.68. The van der Waals surface area contributed by atoms with Gasteiger partial charge in [0.1, 0.15) is 0 Å². The topological polar surface area (TPSA) is 24.1 Å². The van der Waals surface area contributed by atoms with Crippen LogP contribution in [0.4, 0.5) is 0 Å². The molecule has 1 saturated heterocycles. The second kappa shape index (κ2) is 4.98. The summed E-state index contributed by atoms with van der Waals surface area (Å²) in [6.07, 6.45) is 1.25. The van der Waals surface area contributed by atoms with E-state index in [9.17, 15) is 0 Å². The molecule has 1 aliphatic rings. The number of hydrogen-bond donors (Lipinski definition) is 2. The van der Waals surface area contributed by atoms with Crippen LogP contribution >= 0.6 is 0 Å². The Kier molecular flexibility index (Phi) is 3.62. The van der Waals surface area contributed by atoms with Crippen LogP contribution in [0.2, 0.25) is 0 Å². The van der Waals surface area contributed by atoms with Crippen molar-refractivity contribution in [2.75, 3.05) is 19.6 Å². The van der Waals surface area contributed by atoms with Crippen LogP contribution < -0.4 is 10.6 Å². The summed E-state index contributed by atoms with van der Waals surface area (Å²) in [5.74, 6) is 0. The average Bonchev–Trinajstić information content (AvgIpc) is 2.81. The van der Waals surface area contributed by atoms with E-state index >= 15 is 0 Å². The van der Waals surface area contributed by atoms with Gasteiger partial charge in [0.25, 0.3) is 0 Å². The van der Waals surface area contributed by atoms with Crippen LogP contribution in [0, 0.1) is 0 Å². The summed E-state index contributed by atoms with van der Waals surface area (Å²) in [5, 5.41) is 7.04. The van der Waals surface area contributed by atoms with Crippen molar-refractivity contribution in [3.8, 4) is 0 Å². The lowest BCUT2D eigenvalue weighted by molar-refractivity contribution is 0.428. The van der Waals surface area contributed by atoms with Gasteiger partial charge in [-0.3, -0.25) is 0 Å². The molecule has 1 fully saturated rings. The minimum absolute atomic E-state index is 0.212. The number of hydrogen-bond acceptors (Lipinski definition) is 2.